The number of nitrogens with one attached hydrogen (secondary N) is 1. The lowest BCUT2D eigenvalue weighted by Crippen LogP contribution is -2.21. The molecule has 1 atom stereocenters. The summed E-state index contributed by atoms with van der Waals surface area (Å²) < 4.78 is 0. The Labute approximate surface area is 144 Å². The molecule has 0 saturated carbocycles. The Kier molecular flexibility index (Phi) is 5.27. The van der Waals surface area contributed by atoms with Crippen LogP contribution in [0, 0.1) is 5.92 Å². The number of benzene rings is 1. The van der Waals surface area contributed by atoms with Gasteiger partial charge in [-0.25, -0.2) is 0 Å². The Morgan fingerprint density at radius 1 is 1.17 bits per heavy atom. The van der Waals surface area contributed by atoms with Crippen molar-refractivity contribution < 1.29 is 0 Å². The van der Waals surface area contributed by atoms with Crippen LogP contribution in [-0.2, 0) is 0 Å². The topological polar surface area (TPSA) is 24.4 Å². The number of para-hydroxylation sites is 1. The average Bonchev–Trinajstić information content (AvgIpc) is 3.26. The van der Waals surface area contributed by atoms with E-state index in [0.717, 1.165) is 23.5 Å². The van der Waals surface area contributed by atoms with E-state index in [4.69, 9.17) is 0 Å². The smallest absolute Gasteiger partial charge is 0.0751 e. The van der Waals surface area contributed by atoms with E-state index in [-0.39, 0.29) is 5.92 Å². The van der Waals surface area contributed by atoms with Gasteiger partial charge in [-0.2, -0.15) is 0 Å². The zero-order chi connectivity index (χ0) is 16.8. The molecule has 2 nitrogen and oxygen atoms in total. The Bertz CT molecular complexity index is 758. The highest BCUT2D eigenvalue weighted by molar-refractivity contribution is 6.10. The van der Waals surface area contributed by atoms with Gasteiger partial charge in [0.25, 0.3) is 0 Å². The minimum absolute atomic E-state index is 0.273. The summed E-state index contributed by atoms with van der Waals surface area (Å²) in [6.45, 7) is 4.25. The molecule has 1 aromatic carbocycles. The van der Waals surface area contributed by atoms with Gasteiger partial charge in [-0.05, 0) is 35.8 Å². The van der Waals surface area contributed by atoms with Crippen LogP contribution < -0.4 is 5.32 Å². The van der Waals surface area contributed by atoms with E-state index in [1.54, 1.807) is 0 Å². The Hall–Kier alpha value is -2.61. The first-order chi connectivity index (χ1) is 11.8. The van der Waals surface area contributed by atoms with Crippen molar-refractivity contribution in [3.8, 4) is 0 Å². The highest BCUT2D eigenvalue weighted by Crippen LogP contribution is 2.35. The molecule has 3 aliphatic rings. The van der Waals surface area contributed by atoms with E-state index in [2.05, 4.69) is 72.7 Å². The van der Waals surface area contributed by atoms with Gasteiger partial charge < -0.3 is 5.32 Å². The van der Waals surface area contributed by atoms with E-state index in [1.165, 1.54) is 17.6 Å². The maximum atomic E-state index is 4.66. The molecule has 24 heavy (non-hydrogen) atoms. The van der Waals surface area contributed by atoms with Gasteiger partial charge in [0.15, 0.2) is 0 Å². The van der Waals surface area contributed by atoms with Gasteiger partial charge in [0.2, 0.25) is 0 Å². The molecule has 0 saturated heterocycles. The molecule has 1 aliphatic heterocycles. The first-order valence-corrected chi connectivity index (χ1v) is 8.69. The van der Waals surface area contributed by atoms with Crippen LogP contribution in [0.4, 0.5) is 5.69 Å². The molecule has 1 heterocycles. The van der Waals surface area contributed by atoms with Gasteiger partial charge in [-0.1, -0.05) is 68.8 Å². The molecule has 1 N–H and O–H groups in total. The second kappa shape index (κ2) is 7.78. The lowest BCUT2D eigenvalue weighted by molar-refractivity contribution is 1.06. The summed E-state index contributed by atoms with van der Waals surface area (Å²) in [7, 11) is 0. The van der Waals surface area contributed by atoms with Crippen molar-refractivity contribution in [2.75, 3.05) is 5.32 Å². The van der Waals surface area contributed by atoms with Gasteiger partial charge in [0, 0.05) is 17.8 Å². The lowest BCUT2D eigenvalue weighted by atomic mass is 9.87. The fraction of sp³-hybridized carbons (Fsp3) is 0.227. The standard InChI is InChI=1S/C19H16N2.C3H8/c1-2-9-15(10-3-1)21-18-12-6-11-16-17(13-20-19(16)18)14-7-4-5-8-14;1-3-2/h1-4,6-13,16,21H,5H2;3H2,1-2H3. The van der Waals surface area contributed by atoms with Crippen LogP contribution >= 0.6 is 0 Å². The fourth-order valence-electron chi connectivity index (χ4n) is 2.94. The van der Waals surface area contributed by atoms with Gasteiger partial charge in [0.05, 0.1) is 11.4 Å². The van der Waals surface area contributed by atoms with Crippen LogP contribution in [0.3, 0.4) is 0 Å². The van der Waals surface area contributed by atoms with Crippen LogP contribution in [0.25, 0.3) is 0 Å². The van der Waals surface area contributed by atoms with Crippen LogP contribution in [0.5, 0.6) is 0 Å². The predicted octanol–water partition coefficient (Wildman–Crippen LogP) is 5.81. The summed E-state index contributed by atoms with van der Waals surface area (Å²) in [6.07, 6.45) is 17.4. The average molecular weight is 316 g/mol. The van der Waals surface area contributed by atoms with E-state index in [0.29, 0.717) is 0 Å². The number of hydrogen-bond donors (Lipinski definition) is 1. The van der Waals surface area contributed by atoms with Crippen molar-refractivity contribution in [3.63, 3.8) is 0 Å². The quantitative estimate of drug-likeness (QED) is 0.747. The van der Waals surface area contributed by atoms with Crippen molar-refractivity contribution >= 4 is 11.4 Å². The molecule has 122 valence electrons. The van der Waals surface area contributed by atoms with Crippen LogP contribution in [-0.4, -0.2) is 5.71 Å². The van der Waals surface area contributed by atoms with E-state index < -0.39 is 0 Å². The maximum absolute atomic E-state index is 4.66. The minimum atomic E-state index is 0.273. The van der Waals surface area contributed by atoms with E-state index >= 15 is 0 Å². The number of anilines is 1. The van der Waals surface area contributed by atoms with Crippen molar-refractivity contribution in [2.45, 2.75) is 26.7 Å². The molecule has 0 fully saturated rings. The first-order valence-electron chi connectivity index (χ1n) is 8.69. The first kappa shape index (κ1) is 16.3. The molecule has 0 bridgehead atoms. The van der Waals surface area contributed by atoms with Gasteiger partial charge in [-0.3, -0.25) is 4.99 Å². The molecule has 2 heteroatoms. The molecule has 0 amide bonds. The molecule has 1 aromatic rings. The number of nitrogens with zero attached hydrogens (tertiary/aromatic N) is 1. The minimum Gasteiger partial charge on any atom is -0.354 e. The van der Waals surface area contributed by atoms with Crippen LogP contribution in [0.1, 0.15) is 26.7 Å². The lowest BCUT2D eigenvalue weighted by Gasteiger charge is -2.20. The van der Waals surface area contributed by atoms with Gasteiger partial charge >= 0.3 is 0 Å². The summed E-state index contributed by atoms with van der Waals surface area (Å²) in [5, 5.41) is 3.47. The van der Waals surface area contributed by atoms with Gasteiger partial charge in [0.1, 0.15) is 0 Å². The number of hydrogen-bond acceptors (Lipinski definition) is 2. The van der Waals surface area contributed by atoms with Crippen LogP contribution in [0.15, 0.2) is 94.8 Å². The molecule has 2 aliphatic carbocycles. The molecule has 0 aromatic heterocycles. The summed E-state index contributed by atoms with van der Waals surface area (Å²) >= 11 is 0. The third-order valence-corrected chi connectivity index (χ3v) is 3.97. The monoisotopic (exact) mass is 316 g/mol. The van der Waals surface area contributed by atoms with Crippen molar-refractivity contribution in [1.29, 1.82) is 0 Å². The van der Waals surface area contributed by atoms with Crippen molar-refractivity contribution in [2.24, 2.45) is 10.9 Å². The third kappa shape index (κ3) is 3.48. The molecule has 4 rings (SSSR count). The highest BCUT2D eigenvalue weighted by Gasteiger charge is 2.28. The van der Waals surface area contributed by atoms with Crippen LogP contribution in [0.2, 0.25) is 0 Å². The molecular formula is C22H24N2. The Morgan fingerprint density at radius 2 is 1.96 bits per heavy atom. The second-order valence-electron chi connectivity index (χ2n) is 6.04. The molecule has 0 spiro atoms. The Balaban J connectivity index is 0.000000526. The number of rotatable bonds is 3. The highest BCUT2D eigenvalue weighted by atomic mass is 14.9. The summed E-state index contributed by atoms with van der Waals surface area (Å²) in [5.74, 6) is 0.273. The van der Waals surface area contributed by atoms with E-state index in [9.17, 15) is 0 Å². The summed E-state index contributed by atoms with van der Waals surface area (Å²) in [6, 6.07) is 10.2. The molecule has 0 radical (unpaired) electrons. The second-order valence-corrected chi connectivity index (χ2v) is 6.04. The van der Waals surface area contributed by atoms with Crippen molar-refractivity contribution in [3.05, 3.63) is 89.8 Å². The number of allylic oxidation sites excluding steroid dienone is 9. The maximum Gasteiger partial charge on any atom is 0.0751 e. The van der Waals surface area contributed by atoms with Gasteiger partial charge in [-0.15, -0.1) is 0 Å². The normalized spacial score (nSPS) is 20.3. The number of aliphatic imine (C=N–C) groups is 1. The summed E-state index contributed by atoms with van der Waals surface area (Å²) in [4.78, 5) is 4.66. The molecule has 1 unspecified atom stereocenters. The zero-order valence-electron chi connectivity index (χ0n) is 14.4. The zero-order valence-corrected chi connectivity index (χ0v) is 14.4. The summed E-state index contributed by atoms with van der Waals surface area (Å²) in [5.41, 5.74) is 5.90. The largest absolute Gasteiger partial charge is 0.354 e. The SMILES string of the molecule is C1=CC2C(C3=CCC=C3)=CN=C2C(Nc2ccccc2)=C1.CCC. The fourth-order valence-corrected chi connectivity index (χ4v) is 2.94. The Morgan fingerprint density at radius 3 is 2.67 bits per heavy atom. The molecular weight excluding hydrogens is 292 g/mol. The van der Waals surface area contributed by atoms with Crippen molar-refractivity contribution in [1.82, 2.24) is 0 Å². The third-order valence-electron chi connectivity index (χ3n) is 3.97. The van der Waals surface area contributed by atoms with E-state index in [1.807, 2.05) is 24.4 Å². The number of fused-ring (bicyclic) bond motifs is 1. The predicted molar refractivity (Wildman–Crippen MR) is 104 cm³/mol.